The van der Waals surface area contributed by atoms with E-state index in [0.717, 1.165) is 45.2 Å². The van der Waals surface area contributed by atoms with Gasteiger partial charge in [0.05, 0.1) is 0 Å². The first kappa shape index (κ1) is 17.0. The first-order valence-electron chi connectivity index (χ1n) is 8.12. The van der Waals surface area contributed by atoms with Crippen molar-refractivity contribution in [3.8, 4) is 0 Å². The average Bonchev–Trinajstić information content (AvgIpc) is 2.44. The monoisotopic (exact) mass is 282 g/mol. The van der Waals surface area contributed by atoms with E-state index in [2.05, 4.69) is 26.1 Å². The standard InChI is InChI=1S/C16H30N2O2/c1-4-5-9-15(19)17-14(12-13(2)3)16(20)18-10-7-6-8-11-18/h13-14H,4-12H2,1-3H3,(H,17,19)/t14-/m1/s1. The van der Waals surface area contributed by atoms with E-state index in [1.807, 2.05) is 4.90 Å². The molecule has 0 aromatic rings. The van der Waals surface area contributed by atoms with Gasteiger partial charge in [-0.2, -0.15) is 0 Å². The van der Waals surface area contributed by atoms with Gasteiger partial charge in [0.1, 0.15) is 6.04 Å². The molecule has 0 radical (unpaired) electrons. The second-order valence-corrected chi connectivity index (χ2v) is 6.24. The Morgan fingerprint density at radius 1 is 1.15 bits per heavy atom. The molecule has 0 spiro atoms. The van der Waals surface area contributed by atoms with E-state index in [1.165, 1.54) is 6.42 Å². The van der Waals surface area contributed by atoms with Crippen molar-refractivity contribution in [2.45, 2.75) is 71.8 Å². The Bertz CT molecular complexity index is 310. The van der Waals surface area contributed by atoms with Crippen molar-refractivity contribution in [1.29, 1.82) is 0 Å². The number of hydrogen-bond acceptors (Lipinski definition) is 2. The number of nitrogens with one attached hydrogen (secondary N) is 1. The van der Waals surface area contributed by atoms with E-state index in [1.54, 1.807) is 0 Å². The summed E-state index contributed by atoms with van der Waals surface area (Å²) >= 11 is 0. The summed E-state index contributed by atoms with van der Waals surface area (Å²) in [7, 11) is 0. The van der Waals surface area contributed by atoms with Crippen LogP contribution in [0.1, 0.15) is 65.7 Å². The zero-order valence-corrected chi connectivity index (χ0v) is 13.3. The molecule has 20 heavy (non-hydrogen) atoms. The highest BCUT2D eigenvalue weighted by molar-refractivity contribution is 5.87. The van der Waals surface area contributed by atoms with Crippen LogP contribution in [0.25, 0.3) is 0 Å². The summed E-state index contributed by atoms with van der Waals surface area (Å²) in [6.07, 6.45) is 6.53. The van der Waals surface area contributed by atoms with Gasteiger partial charge in [-0.05, 0) is 38.0 Å². The molecule has 4 nitrogen and oxygen atoms in total. The quantitative estimate of drug-likeness (QED) is 0.780. The maximum absolute atomic E-state index is 12.6. The largest absolute Gasteiger partial charge is 0.344 e. The molecular weight excluding hydrogens is 252 g/mol. The fourth-order valence-electron chi connectivity index (χ4n) is 2.63. The van der Waals surface area contributed by atoms with Crippen molar-refractivity contribution in [3.05, 3.63) is 0 Å². The number of nitrogens with zero attached hydrogens (tertiary/aromatic N) is 1. The van der Waals surface area contributed by atoms with E-state index in [9.17, 15) is 9.59 Å². The van der Waals surface area contributed by atoms with Crippen molar-refractivity contribution in [2.75, 3.05) is 13.1 Å². The van der Waals surface area contributed by atoms with Gasteiger partial charge in [-0.3, -0.25) is 9.59 Å². The fourth-order valence-corrected chi connectivity index (χ4v) is 2.63. The number of amides is 2. The SMILES string of the molecule is CCCCC(=O)N[C@H](CC(C)C)C(=O)N1CCCCC1. The van der Waals surface area contributed by atoms with Crippen LogP contribution in [0.5, 0.6) is 0 Å². The van der Waals surface area contributed by atoms with E-state index < -0.39 is 0 Å². The van der Waals surface area contributed by atoms with Crippen LogP contribution >= 0.6 is 0 Å². The third kappa shape index (κ3) is 5.93. The van der Waals surface area contributed by atoms with Crippen LogP contribution in [0, 0.1) is 5.92 Å². The van der Waals surface area contributed by atoms with Crippen LogP contribution in [0.3, 0.4) is 0 Å². The Kier molecular flexibility index (Phi) is 7.63. The third-order valence-electron chi connectivity index (χ3n) is 3.77. The molecule has 1 N–H and O–H groups in total. The van der Waals surface area contributed by atoms with Crippen molar-refractivity contribution in [2.24, 2.45) is 5.92 Å². The van der Waals surface area contributed by atoms with Gasteiger partial charge < -0.3 is 10.2 Å². The van der Waals surface area contributed by atoms with Crippen LogP contribution < -0.4 is 5.32 Å². The van der Waals surface area contributed by atoms with Gasteiger partial charge in [-0.1, -0.05) is 27.2 Å². The highest BCUT2D eigenvalue weighted by atomic mass is 16.2. The summed E-state index contributed by atoms with van der Waals surface area (Å²) in [5.41, 5.74) is 0. The summed E-state index contributed by atoms with van der Waals surface area (Å²) in [5, 5.41) is 2.95. The molecule has 1 aliphatic rings. The maximum atomic E-state index is 12.6. The summed E-state index contributed by atoms with van der Waals surface area (Å²) in [4.78, 5) is 26.4. The Morgan fingerprint density at radius 2 is 1.80 bits per heavy atom. The third-order valence-corrected chi connectivity index (χ3v) is 3.77. The molecule has 0 aliphatic carbocycles. The first-order chi connectivity index (χ1) is 9.54. The van der Waals surface area contributed by atoms with Crippen molar-refractivity contribution >= 4 is 11.8 Å². The number of unbranched alkanes of at least 4 members (excludes halogenated alkanes) is 1. The van der Waals surface area contributed by atoms with Crippen LogP contribution in [0.15, 0.2) is 0 Å². The van der Waals surface area contributed by atoms with Gasteiger partial charge in [0.15, 0.2) is 0 Å². The fraction of sp³-hybridized carbons (Fsp3) is 0.875. The minimum atomic E-state index is -0.336. The molecular formula is C16H30N2O2. The van der Waals surface area contributed by atoms with Gasteiger partial charge in [0, 0.05) is 19.5 Å². The molecule has 116 valence electrons. The zero-order chi connectivity index (χ0) is 15.0. The van der Waals surface area contributed by atoms with E-state index in [0.29, 0.717) is 12.3 Å². The molecule has 0 saturated carbocycles. The lowest BCUT2D eigenvalue weighted by molar-refractivity contribution is -0.137. The smallest absolute Gasteiger partial charge is 0.245 e. The van der Waals surface area contributed by atoms with Crippen LogP contribution in [-0.2, 0) is 9.59 Å². The maximum Gasteiger partial charge on any atom is 0.245 e. The van der Waals surface area contributed by atoms with Gasteiger partial charge >= 0.3 is 0 Å². The van der Waals surface area contributed by atoms with Gasteiger partial charge in [-0.25, -0.2) is 0 Å². The van der Waals surface area contributed by atoms with Crippen LogP contribution in [0.4, 0.5) is 0 Å². The minimum Gasteiger partial charge on any atom is -0.344 e. The number of likely N-dealkylation sites (tertiary alicyclic amines) is 1. The zero-order valence-electron chi connectivity index (χ0n) is 13.3. The normalized spacial score (nSPS) is 17.1. The lowest BCUT2D eigenvalue weighted by Crippen LogP contribution is -2.50. The number of piperidine rings is 1. The molecule has 1 fully saturated rings. The van der Waals surface area contributed by atoms with Crippen LogP contribution in [0.2, 0.25) is 0 Å². The number of hydrogen-bond donors (Lipinski definition) is 1. The minimum absolute atomic E-state index is 0.0165. The van der Waals surface area contributed by atoms with Crippen LogP contribution in [-0.4, -0.2) is 35.8 Å². The molecule has 1 aliphatic heterocycles. The van der Waals surface area contributed by atoms with E-state index in [-0.39, 0.29) is 17.9 Å². The average molecular weight is 282 g/mol. The Labute approximate surface area is 123 Å². The van der Waals surface area contributed by atoms with E-state index in [4.69, 9.17) is 0 Å². The molecule has 1 saturated heterocycles. The molecule has 0 unspecified atom stereocenters. The molecule has 1 heterocycles. The number of carbonyl (C=O) groups is 2. The number of carbonyl (C=O) groups excluding carboxylic acids is 2. The molecule has 4 heteroatoms. The molecule has 0 aromatic carbocycles. The Morgan fingerprint density at radius 3 is 2.35 bits per heavy atom. The van der Waals surface area contributed by atoms with Gasteiger partial charge in [0.2, 0.25) is 11.8 Å². The predicted molar refractivity (Wildman–Crippen MR) is 81.3 cm³/mol. The second-order valence-electron chi connectivity index (χ2n) is 6.24. The lowest BCUT2D eigenvalue weighted by Gasteiger charge is -2.31. The lowest BCUT2D eigenvalue weighted by atomic mass is 10.0. The Hall–Kier alpha value is -1.06. The Balaban J connectivity index is 2.57. The molecule has 1 rings (SSSR count). The second kappa shape index (κ2) is 8.98. The summed E-state index contributed by atoms with van der Waals surface area (Å²) in [6.45, 7) is 7.94. The van der Waals surface area contributed by atoms with Crippen molar-refractivity contribution in [1.82, 2.24) is 10.2 Å². The topological polar surface area (TPSA) is 49.4 Å². The summed E-state index contributed by atoms with van der Waals surface area (Å²) < 4.78 is 0. The molecule has 1 atom stereocenters. The molecule has 2 amide bonds. The predicted octanol–water partition coefficient (Wildman–Crippen LogP) is 2.72. The first-order valence-corrected chi connectivity index (χ1v) is 8.12. The van der Waals surface area contributed by atoms with E-state index >= 15 is 0 Å². The van der Waals surface area contributed by atoms with Crippen molar-refractivity contribution < 1.29 is 9.59 Å². The summed E-state index contributed by atoms with van der Waals surface area (Å²) in [6, 6.07) is -0.336. The highest BCUT2D eigenvalue weighted by Crippen LogP contribution is 2.14. The number of rotatable bonds is 7. The van der Waals surface area contributed by atoms with Crippen molar-refractivity contribution in [3.63, 3.8) is 0 Å². The summed E-state index contributed by atoms with van der Waals surface area (Å²) in [5.74, 6) is 0.534. The molecule has 0 bridgehead atoms. The molecule has 0 aromatic heterocycles. The van der Waals surface area contributed by atoms with Gasteiger partial charge in [-0.15, -0.1) is 0 Å². The highest BCUT2D eigenvalue weighted by Gasteiger charge is 2.27. The van der Waals surface area contributed by atoms with Gasteiger partial charge in [0.25, 0.3) is 0 Å².